The van der Waals surface area contributed by atoms with Gasteiger partial charge in [-0.05, 0) is 75.1 Å². The number of aliphatic hydroxyl groups excluding tert-OH is 1. The van der Waals surface area contributed by atoms with Crippen LogP contribution in [0.4, 0.5) is 0 Å². The van der Waals surface area contributed by atoms with Crippen molar-refractivity contribution in [3.8, 4) is 11.5 Å². The monoisotopic (exact) mass is 530 g/mol. The van der Waals surface area contributed by atoms with Crippen LogP contribution in [-0.4, -0.2) is 16.3 Å². The topological polar surface area (TPSA) is 49.7 Å². The molecule has 0 amide bonds. The SMILES string of the molecule is Cc1ccc2c(c1/C=C\C(O)C(C)(C)C)C(c1ccc3ccccc3c1)c1c(ccc3c1C=CC3(O)C(C)C)O2. The Morgan fingerprint density at radius 3 is 2.33 bits per heavy atom. The number of aliphatic hydroxyl groups is 2. The van der Waals surface area contributed by atoms with Gasteiger partial charge < -0.3 is 14.9 Å². The van der Waals surface area contributed by atoms with Crippen LogP contribution in [0.3, 0.4) is 0 Å². The molecule has 0 fully saturated rings. The van der Waals surface area contributed by atoms with Crippen molar-refractivity contribution in [1.29, 1.82) is 0 Å². The molecule has 2 aliphatic rings. The summed E-state index contributed by atoms with van der Waals surface area (Å²) in [6, 6.07) is 23.3. The summed E-state index contributed by atoms with van der Waals surface area (Å²) in [6.45, 7) is 12.3. The molecule has 204 valence electrons. The van der Waals surface area contributed by atoms with Crippen LogP contribution in [-0.2, 0) is 5.60 Å². The summed E-state index contributed by atoms with van der Waals surface area (Å²) in [4.78, 5) is 0. The lowest BCUT2D eigenvalue weighted by atomic mass is 9.75. The predicted octanol–water partition coefficient (Wildman–Crippen LogP) is 8.72. The van der Waals surface area contributed by atoms with Crippen molar-refractivity contribution in [3.05, 3.63) is 118 Å². The summed E-state index contributed by atoms with van der Waals surface area (Å²) in [5.41, 5.74) is 6.17. The molecule has 0 spiro atoms. The van der Waals surface area contributed by atoms with Crippen LogP contribution in [0.15, 0.2) is 78.9 Å². The fourth-order valence-corrected chi connectivity index (χ4v) is 6.13. The maximum atomic E-state index is 11.7. The molecular formula is C37H38O3. The first-order chi connectivity index (χ1) is 19.0. The van der Waals surface area contributed by atoms with Gasteiger partial charge in [0.2, 0.25) is 0 Å². The van der Waals surface area contributed by atoms with Crippen LogP contribution < -0.4 is 4.74 Å². The lowest BCUT2D eigenvalue weighted by Crippen LogP contribution is -2.28. The summed E-state index contributed by atoms with van der Waals surface area (Å²) < 4.78 is 6.63. The maximum Gasteiger partial charge on any atom is 0.132 e. The summed E-state index contributed by atoms with van der Waals surface area (Å²) in [5.74, 6) is 1.54. The van der Waals surface area contributed by atoms with E-state index >= 15 is 0 Å². The Kier molecular flexibility index (Phi) is 6.29. The molecule has 4 aromatic carbocycles. The molecule has 0 aromatic heterocycles. The second kappa shape index (κ2) is 9.47. The van der Waals surface area contributed by atoms with Gasteiger partial charge in [0, 0.05) is 17.0 Å². The Hall–Kier alpha value is -3.66. The molecule has 1 heterocycles. The maximum absolute atomic E-state index is 11.7. The number of hydrogen-bond acceptors (Lipinski definition) is 3. The average Bonchev–Trinajstić information content (AvgIpc) is 3.28. The molecule has 6 rings (SSSR count). The standard InChI is InChI=1S/C37H38O3/c1-22(2)37(39)20-19-28-29(37)15-17-31-35(28)33(26-13-12-24-9-7-8-10-25(24)21-26)34-27(14-18-32(38)36(4,5)6)23(3)11-16-30(34)40-31/h7-22,32-33,38-39H,1-6H3/b18-14-. The van der Waals surface area contributed by atoms with Crippen LogP contribution in [0.5, 0.6) is 11.5 Å². The van der Waals surface area contributed by atoms with Crippen molar-refractivity contribution < 1.29 is 14.9 Å². The van der Waals surface area contributed by atoms with E-state index in [1.165, 1.54) is 16.3 Å². The molecule has 3 unspecified atom stereocenters. The molecule has 0 radical (unpaired) electrons. The van der Waals surface area contributed by atoms with E-state index in [4.69, 9.17) is 4.74 Å². The predicted molar refractivity (Wildman–Crippen MR) is 165 cm³/mol. The summed E-state index contributed by atoms with van der Waals surface area (Å²) in [6.07, 6.45) is 7.39. The zero-order valence-electron chi connectivity index (χ0n) is 24.2. The van der Waals surface area contributed by atoms with E-state index in [-0.39, 0.29) is 17.3 Å². The smallest absolute Gasteiger partial charge is 0.132 e. The van der Waals surface area contributed by atoms with Gasteiger partial charge in [0.25, 0.3) is 0 Å². The van der Waals surface area contributed by atoms with E-state index in [9.17, 15) is 10.2 Å². The summed E-state index contributed by atoms with van der Waals surface area (Å²) in [5, 5.41) is 24.9. The van der Waals surface area contributed by atoms with Gasteiger partial charge in [0.15, 0.2) is 0 Å². The number of fused-ring (bicyclic) bond motifs is 5. The van der Waals surface area contributed by atoms with Crippen molar-refractivity contribution in [3.63, 3.8) is 0 Å². The van der Waals surface area contributed by atoms with Crippen molar-refractivity contribution >= 4 is 22.9 Å². The minimum absolute atomic E-state index is 0.0265. The fourth-order valence-electron chi connectivity index (χ4n) is 6.13. The number of rotatable bonds is 4. The van der Waals surface area contributed by atoms with E-state index in [1.807, 2.05) is 45.1 Å². The minimum Gasteiger partial charge on any atom is -0.457 e. The molecule has 4 aromatic rings. The molecule has 0 saturated carbocycles. The Bertz CT molecular complexity index is 1680. The van der Waals surface area contributed by atoms with E-state index in [0.29, 0.717) is 0 Å². The first-order valence-corrected chi connectivity index (χ1v) is 14.2. The Morgan fingerprint density at radius 1 is 0.900 bits per heavy atom. The van der Waals surface area contributed by atoms with Crippen LogP contribution in [0.25, 0.3) is 22.9 Å². The van der Waals surface area contributed by atoms with Crippen molar-refractivity contribution in [1.82, 2.24) is 0 Å². The fraction of sp³-hybridized carbons (Fsp3) is 0.297. The van der Waals surface area contributed by atoms with Gasteiger partial charge in [0.05, 0.1) is 6.10 Å². The number of hydrogen-bond donors (Lipinski definition) is 2. The average molecular weight is 531 g/mol. The van der Waals surface area contributed by atoms with E-state index in [2.05, 4.69) is 87.5 Å². The molecular weight excluding hydrogens is 492 g/mol. The highest BCUT2D eigenvalue weighted by Gasteiger charge is 2.41. The zero-order chi connectivity index (χ0) is 28.4. The highest BCUT2D eigenvalue weighted by Crippen LogP contribution is 2.54. The lowest BCUT2D eigenvalue weighted by Gasteiger charge is -2.34. The first-order valence-electron chi connectivity index (χ1n) is 14.2. The normalized spacial score (nSPS) is 20.5. The third-order valence-corrected chi connectivity index (χ3v) is 8.76. The van der Waals surface area contributed by atoms with Crippen LogP contribution >= 0.6 is 0 Å². The minimum atomic E-state index is -1.02. The highest BCUT2D eigenvalue weighted by molar-refractivity contribution is 5.85. The highest BCUT2D eigenvalue weighted by atomic mass is 16.5. The molecule has 1 aliphatic carbocycles. The summed E-state index contributed by atoms with van der Waals surface area (Å²) >= 11 is 0. The van der Waals surface area contributed by atoms with Crippen LogP contribution in [0, 0.1) is 18.3 Å². The molecule has 0 saturated heterocycles. The van der Waals surface area contributed by atoms with Crippen LogP contribution in [0.2, 0.25) is 0 Å². The molecule has 2 N–H and O–H groups in total. The van der Waals surface area contributed by atoms with Gasteiger partial charge in [0.1, 0.15) is 17.1 Å². The van der Waals surface area contributed by atoms with Gasteiger partial charge in [-0.3, -0.25) is 0 Å². The molecule has 3 heteroatoms. The Balaban J connectivity index is 1.64. The molecule has 3 atom stereocenters. The van der Waals surface area contributed by atoms with E-state index < -0.39 is 11.7 Å². The molecule has 0 bridgehead atoms. The summed E-state index contributed by atoms with van der Waals surface area (Å²) in [7, 11) is 0. The van der Waals surface area contributed by atoms with Gasteiger partial charge in [-0.2, -0.15) is 0 Å². The quantitative estimate of drug-likeness (QED) is 0.244. The van der Waals surface area contributed by atoms with Gasteiger partial charge in [-0.25, -0.2) is 0 Å². The van der Waals surface area contributed by atoms with Crippen LogP contribution in [0.1, 0.15) is 79.5 Å². The number of ether oxygens (including phenoxy) is 1. The van der Waals surface area contributed by atoms with Gasteiger partial charge in [-0.1, -0.05) is 107 Å². The van der Waals surface area contributed by atoms with Crippen molar-refractivity contribution in [2.24, 2.45) is 11.3 Å². The third-order valence-electron chi connectivity index (χ3n) is 8.76. The van der Waals surface area contributed by atoms with Gasteiger partial charge in [-0.15, -0.1) is 0 Å². The van der Waals surface area contributed by atoms with Crippen molar-refractivity contribution in [2.45, 2.75) is 59.2 Å². The zero-order valence-corrected chi connectivity index (χ0v) is 24.2. The van der Waals surface area contributed by atoms with Crippen molar-refractivity contribution in [2.75, 3.05) is 0 Å². The second-order valence-electron chi connectivity index (χ2n) is 12.8. The third kappa shape index (κ3) is 4.20. The van der Waals surface area contributed by atoms with Gasteiger partial charge >= 0.3 is 0 Å². The largest absolute Gasteiger partial charge is 0.457 e. The molecule has 1 aliphatic heterocycles. The first kappa shape index (κ1) is 26.6. The lowest BCUT2D eigenvalue weighted by molar-refractivity contribution is 0.0431. The number of benzene rings is 4. The van der Waals surface area contributed by atoms with E-state index in [1.54, 1.807) is 0 Å². The Labute approximate surface area is 237 Å². The number of aryl methyl sites for hydroxylation is 1. The molecule has 3 nitrogen and oxygen atoms in total. The Morgan fingerprint density at radius 2 is 1.60 bits per heavy atom. The second-order valence-corrected chi connectivity index (χ2v) is 12.8. The van der Waals surface area contributed by atoms with E-state index in [0.717, 1.165) is 44.9 Å². The molecule has 40 heavy (non-hydrogen) atoms.